The minimum absolute atomic E-state index is 0.493. The zero-order valence-corrected chi connectivity index (χ0v) is 11.7. The van der Waals surface area contributed by atoms with Gasteiger partial charge in [-0.2, -0.15) is 0 Å². The maximum absolute atomic E-state index is 5.42. The first-order valence-electron chi connectivity index (χ1n) is 6.07. The number of aryl methyl sites for hydroxylation is 1. The van der Waals surface area contributed by atoms with Crippen molar-refractivity contribution in [2.45, 2.75) is 19.4 Å². The van der Waals surface area contributed by atoms with Crippen molar-refractivity contribution >= 4 is 21.6 Å². The summed E-state index contributed by atoms with van der Waals surface area (Å²) >= 11 is 3.51. The van der Waals surface area contributed by atoms with Crippen molar-refractivity contribution < 1.29 is 4.74 Å². The molecule has 94 valence electrons. The first kappa shape index (κ1) is 12.9. The fourth-order valence-corrected chi connectivity index (χ4v) is 2.20. The summed E-state index contributed by atoms with van der Waals surface area (Å²) in [6.07, 6.45) is 1.09. The number of morpholine rings is 1. The summed E-state index contributed by atoms with van der Waals surface area (Å²) in [4.78, 5) is 0. The molecular weight excluding hydrogens is 280 g/mol. The van der Waals surface area contributed by atoms with Gasteiger partial charge in [0, 0.05) is 29.3 Å². The van der Waals surface area contributed by atoms with Gasteiger partial charge in [-0.3, -0.25) is 0 Å². The van der Waals surface area contributed by atoms with E-state index in [1.165, 1.54) is 11.3 Å². The lowest BCUT2D eigenvalue weighted by Crippen LogP contribution is -2.42. The molecule has 1 aromatic rings. The SMILES string of the molecule is Cc1cc(NCCC2COCCN2)ccc1Br. The molecule has 4 heteroatoms. The summed E-state index contributed by atoms with van der Waals surface area (Å²) in [5, 5.41) is 6.90. The summed E-state index contributed by atoms with van der Waals surface area (Å²) in [7, 11) is 0. The fourth-order valence-electron chi connectivity index (χ4n) is 1.95. The second-order valence-electron chi connectivity index (χ2n) is 4.41. The molecule has 0 saturated carbocycles. The fraction of sp³-hybridized carbons (Fsp3) is 0.538. The molecule has 17 heavy (non-hydrogen) atoms. The molecule has 1 atom stereocenters. The highest BCUT2D eigenvalue weighted by atomic mass is 79.9. The van der Waals surface area contributed by atoms with Crippen molar-refractivity contribution in [2.75, 3.05) is 31.6 Å². The second kappa shape index (κ2) is 6.38. The van der Waals surface area contributed by atoms with Gasteiger partial charge in [0.1, 0.15) is 0 Å². The third kappa shape index (κ3) is 3.98. The van der Waals surface area contributed by atoms with E-state index in [0.717, 1.165) is 37.2 Å². The standard InChI is InChI=1S/C13H19BrN2O/c1-10-8-11(2-3-13(10)14)15-5-4-12-9-17-7-6-16-12/h2-3,8,12,15-16H,4-7,9H2,1H3. The molecule has 0 bridgehead atoms. The number of anilines is 1. The van der Waals surface area contributed by atoms with Crippen molar-refractivity contribution in [2.24, 2.45) is 0 Å². The lowest BCUT2D eigenvalue weighted by Gasteiger charge is -2.24. The molecule has 2 N–H and O–H groups in total. The van der Waals surface area contributed by atoms with Crippen LogP contribution in [0.25, 0.3) is 0 Å². The Balaban J connectivity index is 1.75. The summed E-state index contributed by atoms with van der Waals surface area (Å²) in [5.41, 5.74) is 2.44. The molecule has 1 heterocycles. The Kier molecular flexibility index (Phi) is 4.83. The van der Waals surface area contributed by atoms with E-state index in [0.29, 0.717) is 6.04 Å². The van der Waals surface area contributed by atoms with Crippen LogP contribution < -0.4 is 10.6 Å². The highest BCUT2D eigenvalue weighted by Gasteiger charge is 2.11. The van der Waals surface area contributed by atoms with Gasteiger partial charge >= 0.3 is 0 Å². The molecule has 1 fully saturated rings. The van der Waals surface area contributed by atoms with Gasteiger partial charge < -0.3 is 15.4 Å². The molecule has 0 aliphatic carbocycles. The van der Waals surface area contributed by atoms with Crippen molar-refractivity contribution in [3.63, 3.8) is 0 Å². The Morgan fingerprint density at radius 2 is 2.41 bits per heavy atom. The number of halogens is 1. The highest BCUT2D eigenvalue weighted by Crippen LogP contribution is 2.19. The lowest BCUT2D eigenvalue weighted by molar-refractivity contribution is 0.0753. The maximum Gasteiger partial charge on any atom is 0.0620 e. The number of hydrogen-bond donors (Lipinski definition) is 2. The van der Waals surface area contributed by atoms with Gasteiger partial charge in [-0.25, -0.2) is 0 Å². The summed E-state index contributed by atoms with van der Waals surface area (Å²) in [5.74, 6) is 0. The average molecular weight is 299 g/mol. The number of ether oxygens (including phenoxy) is 1. The van der Waals surface area contributed by atoms with Crippen molar-refractivity contribution in [1.82, 2.24) is 5.32 Å². The monoisotopic (exact) mass is 298 g/mol. The van der Waals surface area contributed by atoms with Gasteiger partial charge in [0.25, 0.3) is 0 Å². The Hall–Kier alpha value is -0.580. The zero-order chi connectivity index (χ0) is 12.1. The van der Waals surface area contributed by atoms with Crippen LogP contribution in [0, 0.1) is 6.92 Å². The molecule has 3 nitrogen and oxygen atoms in total. The minimum atomic E-state index is 0.493. The van der Waals surface area contributed by atoms with Crippen LogP contribution in [0.3, 0.4) is 0 Å². The molecular formula is C13H19BrN2O. The lowest BCUT2D eigenvalue weighted by atomic mass is 10.2. The van der Waals surface area contributed by atoms with Crippen molar-refractivity contribution in [3.05, 3.63) is 28.2 Å². The Bertz CT molecular complexity index is 364. The van der Waals surface area contributed by atoms with Gasteiger partial charge in [0.05, 0.1) is 13.2 Å². The molecule has 1 aliphatic rings. The predicted molar refractivity (Wildman–Crippen MR) is 74.6 cm³/mol. The van der Waals surface area contributed by atoms with Gasteiger partial charge in [-0.15, -0.1) is 0 Å². The quantitative estimate of drug-likeness (QED) is 0.896. The smallest absolute Gasteiger partial charge is 0.0620 e. The van der Waals surface area contributed by atoms with Crippen molar-refractivity contribution in [1.29, 1.82) is 0 Å². The van der Waals surface area contributed by atoms with Crippen LogP contribution in [0.2, 0.25) is 0 Å². The van der Waals surface area contributed by atoms with Crippen molar-refractivity contribution in [3.8, 4) is 0 Å². The summed E-state index contributed by atoms with van der Waals surface area (Å²) in [6, 6.07) is 6.84. The van der Waals surface area contributed by atoms with Crippen LogP contribution in [0.1, 0.15) is 12.0 Å². The number of nitrogens with one attached hydrogen (secondary N) is 2. The van der Waals surface area contributed by atoms with Gasteiger partial charge in [0.15, 0.2) is 0 Å². The molecule has 1 unspecified atom stereocenters. The Morgan fingerprint density at radius 1 is 1.53 bits per heavy atom. The minimum Gasteiger partial charge on any atom is -0.385 e. The molecule has 1 aliphatic heterocycles. The number of benzene rings is 1. The maximum atomic E-state index is 5.42. The van der Waals surface area contributed by atoms with Gasteiger partial charge in [-0.1, -0.05) is 15.9 Å². The summed E-state index contributed by atoms with van der Waals surface area (Å²) < 4.78 is 6.58. The van der Waals surface area contributed by atoms with Gasteiger partial charge in [-0.05, 0) is 37.1 Å². The molecule has 0 amide bonds. The normalized spacial score (nSPS) is 20.2. The Morgan fingerprint density at radius 3 is 3.12 bits per heavy atom. The third-order valence-electron chi connectivity index (χ3n) is 2.98. The van der Waals surface area contributed by atoms with E-state index in [4.69, 9.17) is 4.74 Å². The molecule has 0 spiro atoms. The van der Waals surface area contributed by atoms with E-state index < -0.39 is 0 Å². The molecule has 0 aromatic heterocycles. The van der Waals surface area contributed by atoms with Crippen LogP contribution >= 0.6 is 15.9 Å². The average Bonchev–Trinajstić information content (AvgIpc) is 2.35. The molecule has 1 saturated heterocycles. The van der Waals surface area contributed by atoms with E-state index in [2.05, 4.69) is 51.7 Å². The first-order valence-corrected chi connectivity index (χ1v) is 6.86. The third-order valence-corrected chi connectivity index (χ3v) is 3.87. The largest absolute Gasteiger partial charge is 0.385 e. The number of hydrogen-bond acceptors (Lipinski definition) is 3. The van der Waals surface area contributed by atoms with Crippen LogP contribution in [-0.4, -0.2) is 32.3 Å². The highest BCUT2D eigenvalue weighted by molar-refractivity contribution is 9.10. The second-order valence-corrected chi connectivity index (χ2v) is 5.26. The van der Waals surface area contributed by atoms with E-state index in [1.54, 1.807) is 0 Å². The summed E-state index contributed by atoms with van der Waals surface area (Å²) in [6.45, 7) is 5.73. The zero-order valence-electron chi connectivity index (χ0n) is 10.1. The first-order chi connectivity index (χ1) is 8.25. The van der Waals surface area contributed by atoms with E-state index >= 15 is 0 Å². The van der Waals surface area contributed by atoms with Crippen LogP contribution in [-0.2, 0) is 4.74 Å². The number of rotatable bonds is 4. The van der Waals surface area contributed by atoms with Crippen LogP contribution in [0.5, 0.6) is 0 Å². The van der Waals surface area contributed by atoms with Crippen LogP contribution in [0.15, 0.2) is 22.7 Å². The van der Waals surface area contributed by atoms with Gasteiger partial charge in [0.2, 0.25) is 0 Å². The molecule has 0 radical (unpaired) electrons. The molecule has 2 rings (SSSR count). The predicted octanol–water partition coefficient (Wildman–Crippen LogP) is 2.55. The van der Waals surface area contributed by atoms with E-state index in [1.807, 2.05) is 0 Å². The molecule has 1 aromatic carbocycles. The Labute approximate surface area is 111 Å². The van der Waals surface area contributed by atoms with Crippen LogP contribution in [0.4, 0.5) is 5.69 Å². The topological polar surface area (TPSA) is 33.3 Å². The van der Waals surface area contributed by atoms with E-state index in [-0.39, 0.29) is 0 Å². The van der Waals surface area contributed by atoms with E-state index in [9.17, 15) is 0 Å².